The van der Waals surface area contributed by atoms with Crippen LogP contribution in [-0.2, 0) is 35.5 Å². The fourth-order valence-corrected chi connectivity index (χ4v) is 0.565. The molecule has 66 valence electrons. The van der Waals surface area contributed by atoms with Crippen molar-refractivity contribution in [3.05, 3.63) is 12.7 Å². The standard InChI is InChI=1S/C4H7O5P.Fe/c1-3-4(5)9-10(6,7)8-2;/h3H,1H2,2H3,(H,6,7);. The third-order valence-electron chi connectivity index (χ3n) is 0.603. The summed E-state index contributed by atoms with van der Waals surface area (Å²) in [5.41, 5.74) is 0. The molecule has 0 saturated heterocycles. The fraction of sp³-hybridized carbons (Fsp3) is 0.250. The molecule has 0 spiro atoms. The van der Waals surface area contributed by atoms with Gasteiger partial charge in [0.05, 0.1) is 0 Å². The molecule has 0 aliphatic heterocycles. The molecule has 1 unspecified atom stereocenters. The van der Waals surface area contributed by atoms with Gasteiger partial charge in [-0.15, -0.1) is 0 Å². The second-order valence-corrected chi connectivity index (χ2v) is 2.75. The van der Waals surface area contributed by atoms with Crippen LogP contribution in [0.15, 0.2) is 12.7 Å². The van der Waals surface area contributed by atoms with E-state index in [0.29, 0.717) is 0 Å². The SMILES string of the molecule is C=CC(=O)OP(=O)(O)OC.[Fe]. The molecular weight excluding hydrogens is 215 g/mol. The second kappa shape index (κ2) is 5.52. The second-order valence-electron chi connectivity index (χ2n) is 1.27. The van der Waals surface area contributed by atoms with E-state index in [1.807, 2.05) is 0 Å². The minimum absolute atomic E-state index is 0. The molecule has 0 fully saturated rings. The van der Waals surface area contributed by atoms with Gasteiger partial charge in [-0.25, -0.2) is 9.36 Å². The number of hydrogen-bond donors (Lipinski definition) is 1. The number of carbonyl (C=O) groups is 1. The minimum atomic E-state index is -4.17. The molecule has 0 bridgehead atoms. The van der Waals surface area contributed by atoms with Crippen LogP contribution in [0.4, 0.5) is 0 Å². The quantitative estimate of drug-likeness (QED) is 0.426. The third kappa shape index (κ3) is 6.28. The summed E-state index contributed by atoms with van der Waals surface area (Å²) in [5.74, 6) is -0.993. The van der Waals surface area contributed by atoms with Crippen molar-refractivity contribution in [3.8, 4) is 0 Å². The Balaban J connectivity index is 0. The summed E-state index contributed by atoms with van der Waals surface area (Å²) >= 11 is 0. The minimum Gasteiger partial charge on any atom is -0.367 e. The van der Waals surface area contributed by atoms with Crippen molar-refractivity contribution in [2.45, 2.75) is 0 Å². The number of rotatable bonds is 3. The Labute approximate surface area is 74.5 Å². The Morgan fingerprint density at radius 1 is 1.73 bits per heavy atom. The van der Waals surface area contributed by atoms with Crippen molar-refractivity contribution in [1.82, 2.24) is 0 Å². The zero-order valence-electron chi connectivity index (χ0n) is 5.67. The molecule has 0 aliphatic carbocycles. The van der Waals surface area contributed by atoms with Crippen LogP contribution in [0.3, 0.4) is 0 Å². The summed E-state index contributed by atoms with van der Waals surface area (Å²) in [4.78, 5) is 18.7. The van der Waals surface area contributed by atoms with Crippen molar-refractivity contribution in [2.24, 2.45) is 0 Å². The van der Waals surface area contributed by atoms with E-state index in [1.165, 1.54) is 0 Å². The topological polar surface area (TPSA) is 72.8 Å². The molecule has 0 amide bonds. The Morgan fingerprint density at radius 3 is 2.45 bits per heavy atom. The summed E-state index contributed by atoms with van der Waals surface area (Å²) in [6.07, 6.45) is 0.766. The number of phosphoric ester groups is 1. The maximum Gasteiger partial charge on any atom is 0.529 e. The van der Waals surface area contributed by atoms with Crippen LogP contribution < -0.4 is 0 Å². The monoisotopic (exact) mass is 222 g/mol. The van der Waals surface area contributed by atoms with Crippen LogP contribution in [0.2, 0.25) is 0 Å². The molecule has 0 saturated carbocycles. The molecule has 0 heterocycles. The van der Waals surface area contributed by atoms with Gasteiger partial charge in [0, 0.05) is 30.3 Å². The molecule has 1 atom stereocenters. The average molecular weight is 222 g/mol. The maximum absolute atomic E-state index is 10.4. The number of carbonyl (C=O) groups excluding carboxylic acids is 1. The Morgan fingerprint density at radius 2 is 2.18 bits per heavy atom. The summed E-state index contributed by atoms with van der Waals surface area (Å²) < 4.78 is 18.2. The number of phosphoric acid groups is 1. The predicted octanol–water partition coefficient (Wildman–Crippen LogP) is 0.460. The van der Waals surface area contributed by atoms with Crippen LogP contribution in [0.25, 0.3) is 0 Å². The maximum atomic E-state index is 10.4. The van der Waals surface area contributed by atoms with Gasteiger partial charge in [0.1, 0.15) is 0 Å². The molecule has 1 N–H and O–H groups in total. The van der Waals surface area contributed by atoms with Crippen molar-refractivity contribution >= 4 is 13.8 Å². The first-order valence-corrected chi connectivity index (χ1v) is 3.76. The van der Waals surface area contributed by atoms with E-state index in [4.69, 9.17) is 4.89 Å². The van der Waals surface area contributed by atoms with E-state index >= 15 is 0 Å². The van der Waals surface area contributed by atoms with E-state index in [1.54, 1.807) is 0 Å². The van der Waals surface area contributed by atoms with Gasteiger partial charge in [0.2, 0.25) is 0 Å². The van der Waals surface area contributed by atoms with E-state index in [0.717, 1.165) is 13.2 Å². The molecule has 0 rings (SSSR count). The zero-order chi connectivity index (χ0) is 8.20. The first-order valence-electron chi connectivity index (χ1n) is 2.26. The predicted molar refractivity (Wildman–Crippen MR) is 33.1 cm³/mol. The molecule has 5 nitrogen and oxygen atoms in total. The first kappa shape index (κ1) is 13.5. The van der Waals surface area contributed by atoms with Crippen LogP contribution in [0.1, 0.15) is 0 Å². The molecule has 0 radical (unpaired) electrons. The van der Waals surface area contributed by atoms with Crippen LogP contribution in [0, 0.1) is 0 Å². The van der Waals surface area contributed by atoms with Gasteiger partial charge in [-0.3, -0.25) is 9.42 Å². The fourth-order valence-electron chi connectivity index (χ4n) is 0.188. The third-order valence-corrected chi connectivity index (χ3v) is 1.47. The molecule has 0 aromatic carbocycles. The molecule has 0 aliphatic rings. The van der Waals surface area contributed by atoms with Gasteiger partial charge >= 0.3 is 13.8 Å². The smallest absolute Gasteiger partial charge is 0.367 e. The Kier molecular flexibility index (Phi) is 6.76. The Hall–Kier alpha value is -0.121. The van der Waals surface area contributed by atoms with Crippen molar-refractivity contribution in [3.63, 3.8) is 0 Å². The van der Waals surface area contributed by atoms with E-state index in [9.17, 15) is 9.36 Å². The Bertz CT molecular complexity index is 191. The van der Waals surface area contributed by atoms with Crippen molar-refractivity contribution < 1.29 is 40.4 Å². The van der Waals surface area contributed by atoms with Gasteiger partial charge in [-0.1, -0.05) is 6.58 Å². The summed E-state index contributed by atoms with van der Waals surface area (Å²) in [6, 6.07) is 0. The van der Waals surface area contributed by atoms with Gasteiger partial charge < -0.3 is 4.52 Å². The molecule has 7 heteroatoms. The van der Waals surface area contributed by atoms with Crippen LogP contribution in [-0.4, -0.2) is 18.0 Å². The van der Waals surface area contributed by atoms with Gasteiger partial charge in [-0.2, -0.15) is 0 Å². The summed E-state index contributed by atoms with van der Waals surface area (Å²) in [5, 5.41) is 0. The normalized spacial score (nSPS) is 14.0. The molecule has 0 aromatic rings. The zero-order valence-corrected chi connectivity index (χ0v) is 7.66. The van der Waals surface area contributed by atoms with E-state index in [-0.39, 0.29) is 17.1 Å². The molecular formula is C4H7FeO5P. The molecule has 0 aromatic heterocycles. The largest absolute Gasteiger partial charge is 0.529 e. The van der Waals surface area contributed by atoms with E-state index in [2.05, 4.69) is 15.6 Å². The van der Waals surface area contributed by atoms with Gasteiger partial charge in [0.15, 0.2) is 0 Å². The number of hydrogen-bond acceptors (Lipinski definition) is 4. The van der Waals surface area contributed by atoms with Crippen LogP contribution in [0.5, 0.6) is 0 Å². The van der Waals surface area contributed by atoms with E-state index < -0.39 is 13.8 Å². The van der Waals surface area contributed by atoms with Gasteiger partial charge in [0.25, 0.3) is 0 Å². The molecule has 11 heavy (non-hydrogen) atoms. The average Bonchev–Trinajstić information content (AvgIpc) is 1.87. The van der Waals surface area contributed by atoms with Crippen LogP contribution >= 0.6 is 7.82 Å². The van der Waals surface area contributed by atoms with Crippen molar-refractivity contribution in [1.29, 1.82) is 0 Å². The van der Waals surface area contributed by atoms with Crippen molar-refractivity contribution in [2.75, 3.05) is 7.11 Å². The summed E-state index contributed by atoms with van der Waals surface area (Å²) in [6.45, 7) is 3.02. The van der Waals surface area contributed by atoms with Gasteiger partial charge in [-0.05, 0) is 0 Å². The first-order chi connectivity index (χ1) is 4.52. The summed E-state index contributed by atoms with van der Waals surface area (Å²) in [7, 11) is -3.21.